The molecule has 0 unspecified atom stereocenters. The zero-order valence-corrected chi connectivity index (χ0v) is 10.9. The average Bonchev–Trinajstić information content (AvgIpc) is 2.76. The van der Waals surface area contributed by atoms with Crippen molar-refractivity contribution in [1.82, 2.24) is 14.8 Å². The van der Waals surface area contributed by atoms with Crippen molar-refractivity contribution in [3.05, 3.63) is 40.3 Å². The minimum atomic E-state index is -0.176. The Kier molecular flexibility index (Phi) is 3.75. The van der Waals surface area contributed by atoms with Gasteiger partial charge < -0.3 is 5.32 Å². The fourth-order valence-corrected chi connectivity index (χ4v) is 1.73. The summed E-state index contributed by atoms with van der Waals surface area (Å²) in [5, 5.41) is 7.17. The molecular formula is C10H8BrClN4O. The van der Waals surface area contributed by atoms with E-state index in [1.807, 2.05) is 0 Å². The summed E-state index contributed by atoms with van der Waals surface area (Å²) in [6, 6.07) is 5.17. The predicted molar refractivity (Wildman–Crippen MR) is 67.8 cm³/mol. The van der Waals surface area contributed by atoms with Gasteiger partial charge in [0.1, 0.15) is 19.2 Å². The summed E-state index contributed by atoms with van der Waals surface area (Å²) in [5.41, 5.74) is 0.673. The SMILES string of the molecule is O=C(Cn1cncn1)Nc1ccc(Cl)c(Br)c1. The van der Waals surface area contributed by atoms with Gasteiger partial charge in [0.05, 0.1) is 5.02 Å². The Bertz CT molecular complexity index is 529. The lowest BCUT2D eigenvalue weighted by Gasteiger charge is -2.06. The lowest BCUT2D eigenvalue weighted by molar-refractivity contribution is -0.116. The Labute approximate surface area is 111 Å². The van der Waals surface area contributed by atoms with Crippen molar-refractivity contribution in [2.45, 2.75) is 6.54 Å². The molecule has 0 aliphatic heterocycles. The normalized spacial score (nSPS) is 10.2. The van der Waals surface area contributed by atoms with E-state index in [0.29, 0.717) is 10.7 Å². The van der Waals surface area contributed by atoms with Crippen LogP contribution in [0.15, 0.2) is 35.3 Å². The fraction of sp³-hybridized carbons (Fsp3) is 0.100. The third-order valence-electron chi connectivity index (χ3n) is 1.98. The molecule has 0 radical (unpaired) electrons. The zero-order valence-electron chi connectivity index (χ0n) is 8.60. The molecule has 2 aromatic rings. The van der Waals surface area contributed by atoms with Crippen molar-refractivity contribution in [1.29, 1.82) is 0 Å². The van der Waals surface area contributed by atoms with Crippen molar-refractivity contribution in [3.8, 4) is 0 Å². The molecule has 17 heavy (non-hydrogen) atoms. The first kappa shape index (κ1) is 12.1. The number of hydrogen-bond acceptors (Lipinski definition) is 3. The van der Waals surface area contributed by atoms with Gasteiger partial charge in [-0.05, 0) is 34.1 Å². The largest absolute Gasteiger partial charge is 0.324 e. The van der Waals surface area contributed by atoms with Crippen LogP contribution in [0.1, 0.15) is 0 Å². The molecular weight excluding hydrogens is 307 g/mol. The number of benzene rings is 1. The first-order valence-corrected chi connectivity index (χ1v) is 5.89. The van der Waals surface area contributed by atoms with Gasteiger partial charge >= 0.3 is 0 Å². The molecule has 5 nitrogen and oxygen atoms in total. The molecule has 0 saturated heterocycles. The molecule has 1 aromatic heterocycles. The smallest absolute Gasteiger partial charge is 0.246 e. The summed E-state index contributed by atoms with van der Waals surface area (Å²) in [5.74, 6) is -0.176. The van der Waals surface area contributed by atoms with Crippen molar-refractivity contribution < 1.29 is 4.79 Å². The lowest BCUT2D eigenvalue weighted by atomic mass is 10.3. The summed E-state index contributed by atoms with van der Waals surface area (Å²) in [6.45, 7) is 0.125. The van der Waals surface area contributed by atoms with E-state index in [1.165, 1.54) is 17.3 Å². The highest BCUT2D eigenvalue weighted by Gasteiger charge is 2.05. The molecule has 1 aromatic carbocycles. The number of nitrogens with one attached hydrogen (secondary N) is 1. The van der Waals surface area contributed by atoms with E-state index in [1.54, 1.807) is 18.2 Å². The molecule has 0 saturated carbocycles. The summed E-state index contributed by atoms with van der Waals surface area (Å²) in [7, 11) is 0. The van der Waals surface area contributed by atoms with Crippen LogP contribution >= 0.6 is 27.5 Å². The second-order valence-electron chi connectivity index (χ2n) is 3.27. The Hall–Kier alpha value is -1.40. The standard InChI is InChI=1S/C10H8BrClN4O/c11-8-3-7(1-2-9(8)12)15-10(17)4-16-6-13-5-14-16/h1-3,5-6H,4H2,(H,15,17). The highest BCUT2D eigenvalue weighted by Crippen LogP contribution is 2.25. The molecule has 1 amide bonds. The Morgan fingerprint density at radius 1 is 1.53 bits per heavy atom. The molecule has 1 heterocycles. The third kappa shape index (κ3) is 3.28. The van der Waals surface area contributed by atoms with Crippen molar-refractivity contribution in [2.24, 2.45) is 0 Å². The molecule has 0 spiro atoms. The minimum absolute atomic E-state index is 0.125. The first-order chi connectivity index (χ1) is 8.15. The van der Waals surface area contributed by atoms with Crippen LogP contribution in [0.4, 0.5) is 5.69 Å². The summed E-state index contributed by atoms with van der Waals surface area (Å²) >= 11 is 9.14. The monoisotopic (exact) mass is 314 g/mol. The van der Waals surface area contributed by atoms with Gasteiger partial charge in [-0.25, -0.2) is 9.67 Å². The number of carbonyl (C=O) groups excluding carboxylic acids is 1. The van der Waals surface area contributed by atoms with Gasteiger partial charge in [-0.1, -0.05) is 11.6 Å². The summed E-state index contributed by atoms with van der Waals surface area (Å²) in [4.78, 5) is 15.4. The van der Waals surface area contributed by atoms with Crippen LogP contribution in [0, 0.1) is 0 Å². The Morgan fingerprint density at radius 2 is 2.35 bits per heavy atom. The molecule has 88 valence electrons. The molecule has 0 bridgehead atoms. The van der Waals surface area contributed by atoms with Gasteiger partial charge in [0, 0.05) is 10.2 Å². The quantitative estimate of drug-likeness (QED) is 0.945. The number of halogens is 2. The van der Waals surface area contributed by atoms with Crippen LogP contribution in [0.2, 0.25) is 5.02 Å². The number of aromatic nitrogens is 3. The van der Waals surface area contributed by atoms with Gasteiger partial charge in [-0.3, -0.25) is 4.79 Å². The average molecular weight is 316 g/mol. The topological polar surface area (TPSA) is 59.8 Å². The second-order valence-corrected chi connectivity index (χ2v) is 4.53. The lowest BCUT2D eigenvalue weighted by Crippen LogP contribution is -2.18. The Balaban J connectivity index is 2.00. The van der Waals surface area contributed by atoms with E-state index >= 15 is 0 Å². The molecule has 0 atom stereocenters. The van der Waals surface area contributed by atoms with E-state index in [0.717, 1.165) is 4.47 Å². The third-order valence-corrected chi connectivity index (χ3v) is 3.19. The summed E-state index contributed by atoms with van der Waals surface area (Å²) < 4.78 is 2.18. The maximum atomic E-state index is 11.6. The van der Waals surface area contributed by atoms with Crippen molar-refractivity contribution in [3.63, 3.8) is 0 Å². The number of anilines is 1. The first-order valence-electron chi connectivity index (χ1n) is 4.72. The van der Waals surface area contributed by atoms with Gasteiger partial charge in [0.2, 0.25) is 5.91 Å². The number of nitrogens with zero attached hydrogens (tertiary/aromatic N) is 3. The van der Waals surface area contributed by atoms with Crippen LogP contribution in [-0.2, 0) is 11.3 Å². The van der Waals surface area contributed by atoms with Crippen molar-refractivity contribution in [2.75, 3.05) is 5.32 Å². The fourth-order valence-electron chi connectivity index (χ4n) is 1.24. The van der Waals surface area contributed by atoms with Crippen LogP contribution in [0.25, 0.3) is 0 Å². The van der Waals surface area contributed by atoms with E-state index in [-0.39, 0.29) is 12.5 Å². The highest BCUT2D eigenvalue weighted by atomic mass is 79.9. The zero-order chi connectivity index (χ0) is 12.3. The highest BCUT2D eigenvalue weighted by molar-refractivity contribution is 9.10. The predicted octanol–water partition coefficient (Wildman–Crippen LogP) is 2.33. The van der Waals surface area contributed by atoms with Gasteiger partial charge in [-0.2, -0.15) is 5.10 Å². The van der Waals surface area contributed by atoms with Crippen molar-refractivity contribution >= 4 is 39.1 Å². The Morgan fingerprint density at radius 3 is 3.00 bits per heavy atom. The molecule has 0 fully saturated rings. The van der Waals surface area contributed by atoms with Gasteiger partial charge in [0.25, 0.3) is 0 Å². The molecule has 7 heteroatoms. The number of rotatable bonds is 3. The molecule has 0 aliphatic carbocycles. The van der Waals surface area contributed by atoms with Crippen LogP contribution in [0.3, 0.4) is 0 Å². The van der Waals surface area contributed by atoms with Gasteiger partial charge in [0.15, 0.2) is 0 Å². The summed E-state index contributed by atoms with van der Waals surface area (Å²) in [6.07, 6.45) is 2.86. The van der Waals surface area contributed by atoms with Crippen LogP contribution < -0.4 is 5.32 Å². The molecule has 2 rings (SSSR count). The van der Waals surface area contributed by atoms with Crippen LogP contribution in [0.5, 0.6) is 0 Å². The number of carbonyl (C=O) groups is 1. The molecule has 1 N–H and O–H groups in total. The minimum Gasteiger partial charge on any atom is -0.324 e. The van der Waals surface area contributed by atoms with Crippen LogP contribution in [-0.4, -0.2) is 20.7 Å². The maximum Gasteiger partial charge on any atom is 0.246 e. The number of hydrogen-bond donors (Lipinski definition) is 1. The van der Waals surface area contributed by atoms with E-state index in [2.05, 4.69) is 31.3 Å². The number of amides is 1. The second kappa shape index (κ2) is 5.29. The molecule has 0 aliphatic rings. The van der Waals surface area contributed by atoms with E-state index < -0.39 is 0 Å². The maximum absolute atomic E-state index is 11.6. The van der Waals surface area contributed by atoms with Gasteiger partial charge in [-0.15, -0.1) is 0 Å². The van der Waals surface area contributed by atoms with E-state index in [4.69, 9.17) is 11.6 Å². The van der Waals surface area contributed by atoms with E-state index in [9.17, 15) is 4.79 Å².